The Morgan fingerprint density at radius 2 is 2.19 bits per heavy atom. The third kappa shape index (κ3) is 5.15. The highest BCUT2D eigenvalue weighted by atomic mass is 79.9. The molecule has 0 saturated heterocycles. The van der Waals surface area contributed by atoms with E-state index in [4.69, 9.17) is 11.6 Å². The molecule has 0 amide bonds. The number of rotatable bonds is 5. The Morgan fingerprint density at radius 3 is 2.81 bits per heavy atom. The lowest BCUT2D eigenvalue weighted by molar-refractivity contribution is 0.577. The fourth-order valence-electron chi connectivity index (χ4n) is 1.28. The molecule has 0 fully saturated rings. The molecule has 0 unspecified atom stereocenters. The van der Waals surface area contributed by atoms with Crippen LogP contribution >= 0.6 is 27.5 Å². The molecular formula is C13H17BrClN. The van der Waals surface area contributed by atoms with E-state index in [0.717, 1.165) is 28.1 Å². The Kier molecular flexibility index (Phi) is 6.10. The molecule has 0 aliphatic heterocycles. The molecular weight excluding hydrogens is 286 g/mol. The summed E-state index contributed by atoms with van der Waals surface area (Å²) in [5.41, 5.74) is 1.05. The van der Waals surface area contributed by atoms with Crippen LogP contribution in [0.25, 0.3) is 6.08 Å². The lowest BCUT2D eigenvalue weighted by Crippen LogP contribution is -2.19. The van der Waals surface area contributed by atoms with E-state index < -0.39 is 0 Å². The summed E-state index contributed by atoms with van der Waals surface area (Å²) in [7, 11) is 0. The van der Waals surface area contributed by atoms with Crippen molar-refractivity contribution in [2.24, 2.45) is 5.92 Å². The van der Waals surface area contributed by atoms with Gasteiger partial charge in [0.15, 0.2) is 0 Å². The normalized spacial score (nSPS) is 11.6. The minimum atomic E-state index is 0.685. The molecule has 0 heterocycles. The molecule has 0 bridgehead atoms. The predicted molar refractivity (Wildman–Crippen MR) is 75.9 cm³/mol. The maximum Gasteiger partial charge on any atom is 0.0489 e. The first-order valence-corrected chi connectivity index (χ1v) is 6.59. The molecule has 0 aliphatic carbocycles. The topological polar surface area (TPSA) is 12.0 Å². The van der Waals surface area contributed by atoms with Gasteiger partial charge in [-0.05, 0) is 30.2 Å². The van der Waals surface area contributed by atoms with Crippen LogP contribution in [0.2, 0.25) is 5.02 Å². The van der Waals surface area contributed by atoms with Gasteiger partial charge in [0.2, 0.25) is 0 Å². The van der Waals surface area contributed by atoms with Crippen LogP contribution in [-0.2, 0) is 0 Å². The van der Waals surface area contributed by atoms with Crippen molar-refractivity contribution in [3.05, 3.63) is 39.3 Å². The van der Waals surface area contributed by atoms with Crippen LogP contribution in [0.15, 0.2) is 28.7 Å². The summed E-state index contributed by atoms with van der Waals surface area (Å²) in [5.74, 6) is 0.685. The third-order valence-corrected chi connectivity index (χ3v) is 2.90. The summed E-state index contributed by atoms with van der Waals surface area (Å²) in [5, 5.41) is 4.12. The first-order valence-electron chi connectivity index (χ1n) is 5.42. The van der Waals surface area contributed by atoms with E-state index in [1.54, 1.807) is 0 Å². The summed E-state index contributed by atoms with van der Waals surface area (Å²) < 4.78 is 1.01. The van der Waals surface area contributed by atoms with Gasteiger partial charge in [-0.1, -0.05) is 59.6 Å². The molecule has 1 aromatic rings. The monoisotopic (exact) mass is 301 g/mol. The molecule has 1 nitrogen and oxygen atoms in total. The molecule has 0 spiro atoms. The van der Waals surface area contributed by atoms with E-state index in [9.17, 15) is 0 Å². The number of benzene rings is 1. The van der Waals surface area contributed by atoms with Crippen LogP contribution < -0.4 is 5.32 Å². The first-order chi connectivity index (χ1) is 7.59. The average molecular weight is 303 g/mol. The molecule has 1 N–H and O–H groups in total. The summed E-state index contributed by atoms with van der Waals surface area (Å²) in [6, 6.07) is 5.90. The van der Waals surface area contributed by atoms with Crippen molar-refractivity contribution in [2.75, 3.05) is 13.1 Å². The molecule has 0 atom stereocenters. The van der Waals surface area contributed by atoms with E-state index in [0.29, 0.717) is 5.92 Å². The van der Waals surface area contributed by atoms with E-state index in [1.807, 2.05) is 24.3 Å². The Labute approximate surface area is 111 Å². The first kappa shape index (κ1) is 13.8. The molecule has 0 aromatic heterocycles. The van der Waals surface area contributed by atoms with E-state index in [2.05, 4.69) is 41.2 Å². The van der Waals surface area contributed by atoms with Crippen molar-refractivity contribution >= 4 is 33.6 Å². The van der Waals surface area contributed by atoms with Gasteiger partial charge in [0.1, 0.15) is 0 Å². The molecule has 88 valence electrons. The van der Waals surface area contributed by atoms with Crippen LogP contribution in [-0.4, -0.2) is 13.1 Å². The van der Waals surface area contributed by atoms with E-state index >= 15 is 0 Å². The van der Waals surface area contributed by atoms with Gasteiger partial charge in [-0.2, -0.15) is 0 Å². The highest BCUT2D eigenvalue weighted by molar-refractivity contribution is 9.10. The van der Waals surface area contributed by atoms with Crippen molar-refractivity contribution in [3.8, 4) is 0 Å². The van der Waals surface area contributed by atoms with Gasteiger partial charge < -0.3 is 5.32 Å². The van der Waals surface area contributed by atoms with Crippen molar-refractivity contribution in [2.45, 2.75) is 13.8 Å². The number of halogens is 2. The van der Waals surface area contributed by atoms with E-state index in [-0.39, 0.29) is 0 Å². The number of hydrogen-bond acceptors (Lipinski definition) is 1. The maximum absolute atomic E-state index is 6.09. The summed E-state index contributed by atoms with van der Waals surface area (Å²) in [6.45, 7) is 6.31. The number of hydrogen-bond donors (Lipinski definition) is 1. The van der Waals surface area contributed by atoms with Crippen LogP contribution in [0.3, 0.4) is 0 Å². The Hall–Kier alpha value is -0.310. The summed E-state index contributed by atoms with van der Waals surface area (Å²) in [4.78, 5) is 0. The molecule has 1 rings (SSSR count). The van der Waals surface area contributed by atoms with Gasteiger partial charge in [-0.3, -0.25) is 0 Å². The zero-order valence-corrected chi connectivity index (χ0v) is 12.0. The molecule has 0 radical (unpaired) electrons. The van der Waals surface area contributed by atoms with Gasteiger partial charge in [-0.25, -0.2) is 0 Å². The highest BCUT2D eigenvalue weighted by Gasteiger charge is 1.96. The van der Waals surface area contributed by atoms with Gasteiger partial charge >= 0.3 is 0 Å². The summed E-state index contributed by atoms with van der Waals surface area (Å²) >= 11 is 9.48. The Morgan fingerprint density at radius 1 is 1.44 bits per heavy atom. The van der Waals surface area contributed by atoms with Crippen LogP contribution in [0.4, 0.5) is 0 Å². The SMILES string of the molecule is CC(C)CNC/C=C/c1ccc(Br)cc1Cl. The highest BCUT2D eigenvalue weighted by Crippen LogP contribution is 2.22. The summed E-state index contributed by atoms with van der Waals surface area (Å²) in [6.07, 6.45) is 4.14. The van der Waals surface area contributed by atoms with Crippen LogP contribution in [0.1, 0.15) is 19.4 Å². The third-order valence-electron chi connectivity index (χ3n) is 2.07. The predicted octanol–water partition coefficient (Wildman–Crippen LogP) is 4.36. The van der Waals surface area contributed by atoms with E-state index in [1.165, 1.54) is 0 Å². The molecule has 0 saturated carbocycles. The fraction of sp³-hybridized carbons (Fsp3) is 0.385. The standard InChI is InChI=1S/C13H17BrClN/c1-10(2)9-16-7-3-4-11-5-6-12(14)8-13(11)15/h3-6,8,10,16H,7,9H2,1-2H3/b4-3+. The van der Waals surface area contributed by atoms with Gasteiger partial charge in [0, 0.05) is 16.0 Å². The second-order valence-electron chi connectivity index (χ2n) is 4.12. The molecule has 1 aromatic carbocycles. The van der Waals surface area contributed by atoms with Crippen LogP contribution in [0, 0.1) is 5.92 Å². The fourth-order valence-corrected chi connectivity index (χ4v) is 2.01. The van der Waals surface area contributed by atoms with Gasteiger partial charge in [-0.15, -0.1) is 0 Å². The Balaban J connectivity index is 2.44. The zero-order chi connectivity index (χ0) is 12.0. The molecule has 0 aliphatic rings. The quantitative estimate of drug-likeness (QED) is 0.797. The lowest BCUT2D eigenvalue weighted by Gasteiger charge is -2.04. The second kappa shape index (κ2) is 7.10. The van der Waals surface area contributed by atoms with Crippen molar-refractivity contribution < 1.29 is 0 Å². The van der Waals surface area contributed by atoms with Crippen LogP contribution in [0.5, 0.6) is 0 Å². The smallest absolute Gasteiger partial charge is 0.0489 e. The minimum absolute atomic E-state index is 0.685. The average Bonchev–Trinajstić information content (AvgIpc) is 2.20. The van der Waals surface area contributed by atoms with Crippen molar-refractivity contribution in [1.82, 2.24) is 5.32 Å². The maximum atomic E-state index is 6.09. The van der Waals surface area contributed by atoms with Gasteiger partial charge in [0.05, 0.1) is 0 Å². The Bertz CT molecular complexity index is 361. The largest absolute Gasteiger partial charge is 0.313 e. The lowest BCUT2D eigenvalue weighted by atomic mass is 10.2. The second-order valence-corrected chi connectivity index (χ2v) is 5.44. The van der Waals surface area contributed by atoms with Crippen molar-refractivity contribution in [1.29, 1.82) is 0 Å². The molecule has 16 heavy (non-hydrogen) atoms. The van der Waals surface area contributed by atoms with Gasteiger partial charge in [0.25, 0.3) is 0 Å². The van der Waals surface area contributed by atoms with Crippen molar-refractivity contribution in [3.63, 3.8) is 0 Å². The number of nitrogens with one attached hydrogen (secondary N) is 1. The minimum Gasteiger partial charge on any atom is -0.313 e. The zero-order valence-electron chi connectivity index (χ0n) is 9.63. The molecule has 3 heteroatoms.